The Kier molecular flexibility index (Phi) is 4.66. The highest BCUT2D eigenvalue weighted by Gasteiger charge is 2.24. The number of carbonyl (C=O) groups is 1. The highest BCUT2D eigenvalue weighted by Crippen LogP contribution is 2.15. The maximum atomic E-state index is 11.8. The number of nitrogens with one attached hydrogen (secondary N) is 2. The molecule has 1 saturated heterocycles. The summed E-state index contributed by atoms with van der Waals surface area (Å²) >= 11 is 0. The summed E-state index contributed by atoms with van der Waals surface area (Å²) in [4.78, 5) is 43.4. The third-order valence-corrected chi connectivity index (χ3v) is 3.49. The van der Waals surface area contributed by atoms with Crippen LogP contribution in [0.3, 0.4) is 0 Å². The number of piperazine rings is 1. The fourth-order valence-electron chi connectivity index (χ4n) is 2.43. The number of H-pyrrole nitrogens is 2. The molecule has 8 heteroatoms. The number of ether oxygens (including phenoxy) is 1. The molecule has 0 bridgehead atoms. The average Bonchev–Trinajstić information content (AvgIpc) is 2.47. The number of nitrogens with zero attached hydrogens (tertiary/aromatic N) is 2. The molecule has 8 nitrogen and oxygen atoms in total. The van der Waals surface area contributed by atoms with Crippen molar-refractivity contribution in [2.75, 3.05) is 37.7 Å². The molecular weight excluding hydrogens is 276 g/mol. The average molecular weight is 296 g/mol. The van der Waals surface area contributed by atoms with E-state index in [0.29, 0.717) is 50.6 Å². The van der Waals surface area contributed by atoms with Crippen molar-refractivity contribution in [1.29, 1.82) is 0 Å². The van der Waals surface area contributed by atoms with Gasteiger partial charge in [0.2, 0.25) is 0 Å². The van der Waals surface area contributed by atoms with Crippen LogP contribution in [0.25, 0.3) is 0 Å². The molecule has 21 heavy (non-hydrogen) atoms. The number of hydrogen-bond acceptors (Lipinski definition) is 5. The van der Waals surface area contributed by atoms with Crippen molar-refractivity contribution in [3.8, 4) is 0 Å². The molecule has 1 aliphatic heterocycles. The quantitative estimate of drug-likeness (QED) is 0.812. The van der Waals surface area contributed by atoms with Gasteiger partial charge in [0.05, 0.1) is 12.2 Å². The van der Waals surface area contributed by atoms with Crippen LogP contribution in [0.1, 0.15) is 19.4 Å². The summed E-state index contributed by atoms with van der Waals surface area (Å²) in [5, 5.41) is 0. The number of rotatable bonds is 3. The molecular formula is C13H20N4O4. The summed E-state index contributed by atoms with van der Waals surface area (Å²) in [5.41, 5.74) is -0.316. The first-order valence-corrected chi connectivity index (χ1v) is 7.09. The van der Waals surface area contributed by atoms with Crippen LogP contribution in [0.5, 0.6) is 0 Å². The number of anilines is 1. The minimum Gasteiger partial charge on any atom is -0.450 e. The Morgan fingerprint density at radius 1 is 1.14 bits per heavy atom. The topological polar surface area (TPSA) is 98.5 Å². The first-order valence-electron chi connectivity index (χ1n) is 7.09. The van der Waals surface area contributed by atoms with Crippen LogP contribution in [0.2, 0.25) is 0 Å². The Balaban J connectivity index is 2.14. The van der Waals surface area contributed by atoms with Gasteiger partial charge >= 0.3 is 11.8 Å². The largest absolute Gasteiger partial charge is 0.450 e. The van der Waals surface area contributed by atoms with Crippen molar-refractivity contribution in [3.63, 3.8) is 0 Å². The van der Waals surface area contributed by atoms with Crippen LogP contribution in [-0.4, -0.2) is 53.7 Å². The second-order valence-electron chi connectivity index (χ2n) is 4.76. The fourth-order valence-corrected chi connectivity index (χ4v) is 2.43. The number of amides is 1. The zero-order chi connectivity index (χ0) is 15.4. The van der Waals surface area contributed by atoms with Crippen LogP contribution in [-0.2, 0) is 11.2 Å². The van der Waals surface area contributed by atoms with Gasteiger partial charge in [0, 0.05) is 26.2 Å². The van der Waals surface area contributed by atoms with Crippen molar-refractivity contribution in [1.82, 2.24) is 14.9 Å². The Hall–Kier alpha value is -2.25. The van der Waals surface area contributed by atoms with E-state index in [2.05, 4.69) is 9.97 Å². The smallest absolute Gasteiger partial charge is 0.409 e. The van der Waals surface area contributed by atoms with Crippen molar-refractivity contribution >= 4 is 11.9 Å². The second kappa shape index (κ2) is 6.47. The second-order valence-corrected chi connectivity index (χ2v) is 4.76. The van der Waals surface area contributed by atoms with Crippen LogP contribution < -0.4 is 16.1 Å². The lowest BCUT2D eigenvalue weighted by atomic mass is 10.2. The van der Waals surface area contributed by atoms with E-state index in [1.807, 2.05) is 11.8 Å². The molecule has 1 aromatic rings. The molecule has 0 spiro atoms. The molecule has 0 unspecified atom stereocenters. The molecule has 116 valence electrons. The molecule has 0 atom stereocenters. The zero-order valence-electron chi connectivity index (χ0n) is 12.3. The van der Waals surface area contributed by atoms with Gasteiger partial charge in [-0.1, -0.05) is 6.92 Å². The Morgan fingerprint density at radius 2 is 1.81 bits per heavy atom. The summed E-state index contributed by atoms with van der Waals surface area (Å²) in [6.45, 7) is 6.06. The molecule has 1 aliphatic rings. The van der Waals surface area contributed by atoms with E-state index in [-0.39, 0.29) is 11.7 Å². The number of hydrogen-bond donors (Lipinski definition) is 2. The van der Waals surface area contributed by atoms with Crippen molar-refractivity contribution in [2.45, 2.75) is 20.3 Å². The van der Waals surface area contributed by atoms with Crippen molar-refractivity contribution in [2.24, 2.45) is 0 Å². The fraction of sp³-hybridized carbons (Fsp3) is 0.615. The van der Waals surface area contributed by atoms with Gasteiger partial charge in [-0.15, -0.1) is 0 Å². The minimum absolute atomic E-state index is 0.327. The third kappa shape index (κ3) is 3.26. The predicted octanol–water partition coefficient (Wildman–Crippen LogP) is -0.0959. The summed E-state index contributed by atoms with van der Waals surface area (Å²) in [5.74, 6) is 0.551. The first kappa shape index (κ1) is 15.1. The zero-order valence-corrected chi connectivity index (χ0v) is 12.3. The molecule has 1 amide bonds. The third-order valence-electron chi connectivity index (χ3n) is 3.49. The van der Waals surface area contributed by atoms with Crippen molar-refractivity contribution in [3.05, 3.63) is 26.4 Å². The van der Waals surface area contributed by atoms with Crippen LogP contribution in [0, 0.1) is 0 Å². The van der Waals surface area contributed by atoms with Gasteiger partial charge in [0.15, 0.2) is 0 Å². The van der Waals surface area contributed by atoms with E-state index < -0.39 is 5.69 Å². The van der Waals surface area contributed by atoms with E-state index in [1.54, 1.807) is 11.8 Å². The van der Waals surface area contributed by atoms with Gasteiger partial charge in [0.25, 0.3) is 5.56 Å². The molecule has 0 aliphatic carbocycles. The summed E-state index contributed by atoms with van der Waals surface area (Å²) in [7, 11) is 0. The van der Waals surface area contributed by atoms with Crippen LogP contribution in [0.15, 0.2) is 9.59 Å². The Morgan fingerprint density at radius 3 is 2.38 bits per heavy atom. The van der Waals surface area contributed by atoms with Gasteiger partial charge in [-0.25, -0.2) is 9.59 Å². The highest BCUT2D eigenvalue weighted by atomic mass is 16.6. The van der Waals surface area contributed by atoms with E-state index in [9.17, 15) is 14.4 Å². The summed E-state index contributed by atoms with van der Waals surface area (Å²) in [6, 6.07) is 0. The Bertz CT molecular complexity index is 613. The molecule has 0 radical (unpaired) electrons. The lowest BCUT2D eigenvalue weighted by Crippen LogP contribution is -2.50. The standard InChI is InChI=1S/C13H20N4O4/c1-3-9-10(14-12(19)15-11(9)18)16-5-7-17(8-6-16)13(20)21-4-2/h3-8H2,1-2H3,(H2,14,15,18,19). The highest BCUT2D eigenvalue weighted by molar-refractivity contribution is 5.68. The lowest BCUT2D eigenvalue weighted by molar-refractivity contribution is 0.105. The summed E-state index contributed by atoms with van der Waals surface area (Å²) in [6.07, 6.45) is 0.201. The maximum absolute atomic E-state index is 11.8. The monoisotopic (exact) mass is 296 g/mol. The maximum Gasteiger partial charge on any atom is 0.409 e. The van der Waals surface area contributed by atoms with E-state index in [1.165, 1.54) is 0 Å². The SMILES string of the molecule is CCOC(=O)N1CCN(c2[nH]c(=O)[nH]c(=O)c2CC)CC1. The number of carbonyl (C=O) groups excluding carboxylic acids is 1. The molecule has 1 aromatic heterocycles. The normalized spacial score (nSPS) is 15.1. The van der Waals surface area contributed by atoms with Gasteiger partial charge in [-0.05, 0) is 13.3 Å². The molecule has 2 rings (SSSR count). The minimum atomic E-state index is -0.514. The lowest BCUT2D eigenvalue weighted by Gasteiger charge is -2.35. The summed E-state index contributed by atoms with van der Waals surface area (Å²) < 4.78 is 4.96. The van der Waals surface area contributed by atoms with Gasteiger partial charge in [0.1, 0.15) is 5.82 Å². The molecule has 2 heterocycles. The van der Waals surface area contributed by atoms with E-state index >= 15 is 0 Å². The van der Waals surface area contributed by atoms with Crippen LogP contribution in [0.4, 0.5) is 10.6 Å². The number of aromatic nitrogens is 2. The molecule has 2 N–H and O–H groups in total. The number of aromatic amines is 2. The van der Waals surface area contributed by atoms with Crippen molar-refractivity contribution < 1.29 is 9.53 Å². The van der Waals surface area contributed by atoms with E-state index in [4.69, 9.17) is 4.74 Å². The molecule has 0 saturated carbocycles. The molecule has 1 fully saturated rings. The van der Waals surface area contributed by atoms with Gasteiger partial charge in [-0.3, -0.25) is 14.8 Å². The van der Waals surface area contributed by atoms with E-state index in [0.717, 1.165) is 0 Å². The van der Waals surface area contributed by atoms with Crippen LogP contribution >= 0.6 is 0 Å². The Labute approximate surface area is 121 Å². The molecule has 0 aromatic carbocycles. The predicted molar refractivity (Wildman–Crippen MR) is 77.9 cm³/mol. The van der Waals surface area contributed by atoms with Gasteiger partial charge < -0.3 is 14.5 Å². The van der Waals surface area contributed by atoms with Gasteiger partial charge in [-0.2, -0.15) is 0 Å². The first-order chi connectivity index (χ1) is 10.1.